The van der Waals surface area contributed by atoms with Gasteiger partial charge in [0.25, 0.3) is 0 Å². The Kier molecular flexibility index (Phi) is 4.16. The monoisotopic (exact) mass is 283 g/mol. The van der Waals surface area contributed by atoms with Crippen LogP contribution in [0.2, 0.25) is 0 Å². The minimum atomic E-state index is -0.205. The zero-order valence-electron chi connectivity index (χ0n) is 12.4. The Morgan fingerprint density at radius 2 is 2.16 bits per heavy atom. The van der Waals surface area contributed by atoms with Crippen molar-refractivity contribution in [3.05, 3.63) is 5.82 Å². The van der Waals surface area contributed by atoms with Crippen LogP contribution in [0, 0.1) is 5.41 Å². The normalized spacial score (nSPS) is 28.4. The summed E-state index contributed by atoms with van der Waals surface area (Å²) in [7, 11) is 0. The maximum absolute atomic E-state index is 10.2. The molecule has 0 spiro atoms. The Labute approximate surface area is 119 Å². The van der Waals surface area contributed by atoms with Crippen LogP contribution in [0.5, 0.6) is 0 Å². The molecule has 4 nitrogen and oxygen atoms in total. The van der Waals surface area contributed by atoms with E-state index in [4.69, 9.17) is 0 Å². The average Bonchev–Trinajstić information content (AvgIpc) is 2.79. The molecule has 2 rings (SSSR count). The molecule has 1 aliphatic rings. The van der Waals surface area contributed by atoms with Crippen LogP contribution in [0.25, 0.3) is 0 Å². The van der Waals surface area contributed by atoms with Crippen molar-refractivity contribution in [1.29, 1.82) is 0 Å². The van der Waals surface area contributed by atoms with Gasteiger partial charge in [-0.15, -0.1) is 0 Å². The maximum atomic E-state index is 10.2. The second kappa shape index (κ2) is 5.37. The summed E-state index contributed by atoms with van der Waals surface area (Å²) in [5.41, 5.74) is -0.0451. The molecule has 0 aliphatic heterocycles. The summed E-state index contributed by atoms with van der Waals surface area (Å²) in [5.74, 6) is 0.884. The zero-order chi connectivity index (χ0) is 14.1. The fraction of sp³-hybridized carbons (Fsp3) is 0.857. The molecule has 0 amide bonds. The van der Waals surface area contributed by atoms with Crippen molar-refractivity contribution in [2.24, 2.45) is 5.41 Å². The second-order valence-corrected chi connectivity index (χ2v) is 7.69. The van der Waals surface area contributed by atoms with Gasteiger partial charge in [-0.3, -0.25) is 0 Å². The highest BCUT2D eigenvalue weighted by Crippen LogP contribution is 2.36. The molecule has 1 saturated carbocycles. The van der Waals surface area contributed by atoms with Gasteiger partial charge in [0.2, 0.25) is 5.13 Å². The van der Waals surface area contributed by atoms with Crippen molar-refractivity contribution in [2.45, 2.75) is 64.9 Å². The van der Waals surface area contributed by atoms with Gasteiger partial charge in [0.15, 0.2) is 0 Å². The van der Waals surface area contributed by atoms with Crippen LogP contribution in [-0.2, 0) is 5.41 Å². The SMILES string of the molecule is CC(C)(C)c1nsc(NCC2(C)CCCCC2O)n1. The summed E-state index contributed by atoms with van der Waals surface area (Å²) in [6.45, 7) is 9.28. The Morgan fingerprint density at radius 3 is 2.74 bits per heavy atom. The number of aliphatic hydroxyl groups is 1. The fourth-order valence-corrected chi connectivity index (χ4v) is 3.22. The van der Waals surface area contributed by atoms with Crippen LogP contribution in [-0.4, -0.2) is 27.1 Å². The number of aliphatic hydroxyl groups excluding tert-OH is 1. The van der Waals surface area contributed by atoms with E-state index in [-0.39, 0.29) is 16.9 Å². The van der Waals surface area contributed by atoms with Crippen molar-refractivity contribution in [3.63, 3.8) is 0 Å². The second-order valence-electron chi connectivity index (χ2n) is 6.94. The van der Waals surface area contributed by atoms with Crippen molar-refractivity contribution >= 4 is 16.7 Å². The van der Waals surface area contributed by atoms with Crippen molar-refractivity contribution < 1.29 is 5.11 Å². The van der Waals surface area contributed by atoms with Gasteiger partial charge in [-0.25, -0.2) is 4.98 Å². The largest absolute Gasteiger partial charge is 0.392 e. The van der Waals surface area contributed by atoms with E-state index in [0.717, 1.165) is 36.8 Å². The Morgan fingerprint density at radius 1 is 1.42 bits per heavy atom. The first-order chi connectivity index (χ1) is 8.81. The third kappa shape index (κ3) is 3.45. The molecular weight excluding hydrogens is 258 g/mol. The first-order valence-electron chi connectivity index (χ1n) is 7.07. The van der Waals surface area contributed by atoms with Crippen LogP contribution < -0.4 is 5.32 Å². The van der Waals surface area contributed by atoms with Crippen LogP contribution in [0.4, 0.5) is 5.13 Å². The number of hydrogen-bond acceptors (Lipinski definition) is 5. The first kappa shape index (κ1) is 14.7. The molecule has 1 fully saturated rings. The molecule has 1 heterocycles. The lowest BCUT2D eigenvalue weighted by Gasteiger charge is -2.38. The van der Waals surface area contributed by atoms with Gasteiger partial charge in [-0.1, -0.05) is 40.5 Å². The molecule has 1 aromatic rings. The van der Waals surface area contributed by atoms with Gasteiger partial charge >= 0.3 is 0 Å². The lowest BCUT2D eigenvalue weighted by Crippen LogP contribution is -2.41. The maximum Gasteiger partial charge on any atom is 0.202 e. The molecule has 2 unspecified atom stereocenters. The van der Waals surface area contributed by atoms with Gasteiger partial charge in [-0.2, -0.15) is 4.37 Å². The molecular formula is C14H25N3OS. The molecule has 1 aliphatic carbocycles. The van der Waals surface area contributed by atoms with Crippen molar-refractivity contribution in [3.8, 4) is 0 Å². The summed E-state index contributed by atoms with van der Waals surface area (Å²) in [4.78, 5) is 4.54. The fourth-order valence-electron chi connectivity index (χ4n) is 2.47. The molecule has 19 heavy (non-hydrogen) atoms. The highest BCUT2D eigenvalue weighted by molar-refractivity contribution is 7.09. The Hall–Kier alpha value is -0.680. The average molecular weight is 283 g/mol. The van der Waals surface area contributed by atoms with E-state index in [1.807, 2.05) is 0 Å². The molecule has 0 aromatic carbocycles. The van der Waals surface area contributed by atoms with Crippen LogP contribution >= 0.6 is 11.5 Å². The number of nitrogens with one attached hydrogen (secondary N) is 1. The Bertz CT molecular complexity index is 427. The topological polar surface area (TPSA) is 58.0 Å². The molecule has 0 radical (unpaired) electrons. The quantitative estimate of drug-likeness (QED) is 0.894. The van der Waals surface area contributed by atoms with Gasteiger partial charge in [0, 0.05) is 28.9 Å². The minimum Gasteiger partial charge on any atom is -0.392 e. The molecule has 0 bridgehead atoms. The lowest BCUT2D eigenvalue weighted by molar-refractivity contribution is 0.00962. The van der Waals surface area contributed by atoms with Gasteiger partial charge in [-0.05, 0) is 12.8 Å². The highest BCUT2D eigenvalue weighted by atomic mass is 32.1. The third-order valence-corrected chi connectivity index (χ3v) is 4.69. The highest BCUT2D eigenvalue weighted by Gasteiger charge is 2.35. The standard InChI is InChI=1S/C14H25N3OS/c1-13(2,3)11-16-12(19-17-11)15-9-14(4)8-6-5-7-10(14)18/h10,18H,5-9H2,1-4H3,(H,15,16,17). The zero-order valence-corrected chi connectivity index (χ0v) is 13.2. The van der Waals surface area contributed by atoms with E-state index in [2.05, 4.69) is 42.4 Å². The van der Waals surface area contributed by atoms with Gasteiger partial charge in [0.1, 0.15) is 5.82 Å². The van der Waals surface area contributed by atoms with E-state index in [0.29, 0.717) is 0 Å². The molecule has 2 atom stereocenters. The van der Waals surface area contributed by atoms with Crippen molar-refractivity contribution in [2.75, 3.05) is 11.9 Å². The molecule has 2 N–H and O–H groups in total. The van der Waals surface area contributed by atoms with Crippen LogP contribution in [0.3, 0.4) is 0 Å². The summed E-state index contributed by atoms with van der Waals surface area (Å²) in [6, 6.07) is 0. The predicted octanol–water partition coefficient (Wildman–Crippen LogP) is 3.19. The van der Waals surface area contributed by atoms with E-state index < -0.39 is 0 Å². The number of anilines is 1. The number of aromatic nitrogens is 2. The smallest absolute Gasteiger partial charge is 0.202 e. The van der Waals surface area contributed by atoms with E-state index >= 15 is 0 Å². The minimum absolute atomic E-state index is 0.00924. The van der Waals surface area contributed by atoms with Crippen molar-refractivity contribution in [1.82, 2.24) is 9.36 Å². The lowest BCUT2D eigenvalue weighted by atomic mass is 9.73. The summed E-state index contributed by atoms with van der Waals surface area (Å²) in [5, 5.41) is 14.4. The first-order valence-corrected chi connectivity index (χ1v) is 7.85. The van der Waals surface area contributed by atoms with Crippen LogP contribution in [0.1, 0.15) is 59.2 Å². The van der Waals surface area contributed by atoms with E-state index in [1.165, 1.54) is 18.0 Å². The summed E-state index contributed by atoms with van der Waals surface area (Å²) >= 11 is 1.41. The molecule has 1 aromatic heterocycles. The van der Waals surface area contributed by atoms with E-state index in [9.17, 15) is 5.11 Å². The van der Waals surface area contributed by atoms with Crippen LogP contribution in [0.15, 0.2) is 0 Å². The molecule has 0 saturated heterocycles. The summed E-state index contributed by atoms with van der Waals surface area (Å²) < 4.78 is 4.40. The third-order valence-electron chi connectivity index (χ3n) is 4.02. The Balaban J connectivity index is 1.97. The summed E-state index contributed by atoms with van der Waals surface area (Å²) in [6.07, 6.45) is 4.14. The molecule has 5 heteroatoms. The molecule has 108 valence electrons. The predicted molar refractivity (Wildman–Crippen MR) is 79.7 cm³/mol. The number of nitrogens with zero attached hydrogens (tertiary/aromatic N) is 2. The van der Waals surface area contributed by atoms with Gasteiger partial charge < -0.3 is 10.4 Å². The van der Waals surface area contributed by atoms with E-state index in [1.54, 1.807) is 0 Å². The van der Waals surface area contributed by atoms with Gasteiger partial charge in [0.05, 0.1) is 6.10 Å². The number of rotatable bonds is 3. The number of hydrogen-bond donors (Lipinski definition) is 2.